The first-order valence-corrected chi connectivity index (χ1v) is 13.8. The van der Waals surface area contributed by atoms with Gasteiger partial charge in [-0.25, -0.2) is 4.79 Å². The van der Waals surface area contributed by atoms with E-state index in [-0.39, 0.29) is 12.5 Å². The SMILES string of the molecule is COC(=O)c1ccc(-c2ccc(CNC(=O)c3cc(N(C=O)c4ccccc4-c4ccc(C(F)(F)F)cc4)cn3C)cc2)cc1. The fourth-order valence-electron chi connectivity index (χ4n) is 4.93. The summed E-state index contributed by atoms with van der Waals surface area (Å²) in [6, 6.07) is 27.9. The zero-order valence-corrected chi connectivity index (χ0v) is 24.3. The van der Waals surface area contributed by atoms with Crippen LogP contribution in [0.3, 0.4) is 0 Å². The summed E-state index contributed by atoms with van der Waals surface area (Å²) < 4.78 is 45.6. The van der Waals surface area contributed by atoms with E-state index >= 15 is 0 Å². The molecule has 0 fully saturated rings. The summed E-state index contributed by atoms with van der Waals surface area (Å²) in [5.41, 5.74) is 4.66. The fraction of sp³-hybridized carbons (Fsp3) is 0.114. The maximum atomic E-state index is 13.1. The zero-order valence-electron chi connectivity index (χ0n) is 24.3. The summed E-state index contributed by atoms with van der Waals surface area (Å²) in [5.74, 6) is -0.757. The van der Waals surface area contributed by atoms with E-state index in [0.717, 1.165) is 28.8 Å². The summed E-state index contributed by atoms with van der Waals surface area (Å²) >= 11 is 0. The molecule has 0 spiro atoms. The van der Waals surface area contributed by atoms with Crippen molar-refractivity contribution in [2.24, 2.45) is 7.05 Å². The number of carbonyl (C=O) groups excluding carboxylic acids is 3. The van der Waals surface area contributed by atoms with E-state index < -0.39 is 17.7 Å². The van der Waals surface area contributed by atoms with Crippen LogP contribution in [0.15, 0.2) is 109 Å². The molecule has 0 aliphatic heterocycles. The van der Waals surface area contributed by atoms with Crippen molar-refractivity contribution < 1.29 is 32.3 Å². The molecule has 4 aromatic carbocycles. The maximum Gasteiger partial charge on any atom is 0.416 e. The van der Waals surface area contributed by atoms with Crippen molar-refractivity contribution in [2.75, 3.05) is 12.0 Å². The quantitative estimate of drug-likeness (QED) is 0.139. The smallest absolute Gasteiger partial charge is 0.416 e. The number of rotatable bonds is 9. The summed E-state index contributed by atoms with van der Waals surface area (Å²) in [5, 5.41) is 2.90. The molecule has 7 nitrogen and oxygen atoms in total. The molecule has 0 saturated carbocycles. The summed E-state index contributed by atoms with van der Waals surface area (Å²) in [4.78, 5) is 38.5. The standard InChI is InChI=1S/C35H28F3N3O4/c1-40-21-29(41(22-42)31-6-4-3-5-30(31)26-15-17-28(18-16-26)35(36,37)38)19-32(40)33(43)39-20-23-7-9-24(10-8-23)25-11-13-27(14-12-25)34(44)45-2/h3-19,21-22H,20H2,1-2H3,(H,39,43). The lowest BCUT2D eigenvalue weighted by atomic mass is 10.0. The van der Waals surface area contributed by atoms with Crippen LogP contribution in [0.5, 0.6) is 0 Å². The Bertz CT molecular complexity index is 1830. The van der Waals surface area contributed by atoms with Crippen LogP contribution in [0.4, 0.5) is 24.5 Å². The van der Waals surface area contributed by atoms with Crippen molar-refractivity contribution in [2.45, 2.75) is 12.7 Å². The third-order valence-corrected chi connectivity index (χ3v) is 7.34. The second-order valence-electron chi connectivity index (χ2n) is 10.2. The van der Waals surface area contributed by atoms with Crippen LogP contribution in [0, 0.1) is 0 Å². The lowest BCUT2D eigenvalue weighted by Gasteiger charge is -2.20. The predicted octanol–water partition coefficient (Wildman–Crippen LogP) is 7.39. The number of amides is 2. The number of hydrogen-bond donors (Lipinski definition) is 1. The maximum absolute atomic E-state index is 13.1. The number of esters is 1. The van der Waals surface area contributed by atoms with Gasteiger partial charge in [-0.2, -0.15) is 13.2 Å². The number of halogens is 3. The molecule has 0 atom stereocenters. The highest BCUT2D eigenvalue weighted by Crippen LogP contribution is 2.37. The third-order valence-electron chi connectivity index (χ3n) is 7.34. The Kier molecular flexibility index (Phi) is 8.85. The summed E-state index contributed by atoms with van der Waals surface area (Å²) in [6.45, 7) is 0.259. The van der Waals surface area contributed by atoms with Crippen LogP contribution in [0.1, 0.15) is 32.0 Å². The fourth-order valence-corrected chi connectivity index (χ4v) is 4.93. The first kappa shape index (κ1) is 30.8. The van der Waals surface area contributed by atoms with Crippen molar-refractivity contribution in [3.63, 3.8) is 0 Å². The lowest BCUT2D eigenvalue weighted by molar-refractivity contribution is -0.137. The number of ether oxygens (including phenoxy) is 1. The largest absolute Gasteiger partial charge is 0.465 e. The minimum absolute atomic E-state index is 0.259. The zero-order chi connectivity index (χ0) is 32.1. The minimum atomic E-state index is -4.46. The van der Waals surface area contributed by atoms with Crippen LogP contribution < -0.4 is 10.2 Å². The van der Waals surface area contributed by atoms with Gasteiger partial charge in [0.15, 0.2) is 0 Å². The Labute approximate surface area is 257 Å². The van der Waals surface area contributed by atoms with E-state index in [4.69, 9.17) is 4.74 Å². The number of hydrogen-bond acceptors (Lipinski definition) is 4. The number of nitrogens with one attached hydrogen (secondary N) is 1. The summed E-state index contributed by atoms with van der Waals surface area (Å²) in [7, 11) is 3.02. The van der Waals surface area contributed by atoms with Gasteiger partial charge in [0.1, 0.15) is 5.69 Å². The van der Waals surface area contributed by atoms with Gasteiger partial charge < -0.3 is 14.6 Å². The minimum Gasteiger partial charge on any atom is -0.465 e. The van der Waals surface area contributed by atoms with Gasteiger partial charge in [0.2, 0.25) is 6.41 Å². The topological polar surface area (TPSA) is 80.6 Å². The molecule has 0 unspecified atom stereocenters. The van der Waals surface area contributed by atoms with Crippen molar-refractivity contribution in [3.05, 3.63) is 132 Å². The number of aryl methyl sites for hydroxylation is 1. The average molecular weight is 612 g/mol. The van der Waals surface area contributed by atoms with E-state index in [1.54, 1.807) is 60.3 Å². The van der Waals surface area contributed by atoms with Crippen molar-refractivity contribution in [1.29, 1.82) is 0 Å². The number of carbonyl (C=O) groups is 3. The number of alkyl halides is 3. The Hall–Kier alpha value is -5.64. The van der Waals surface area contributed by atoms with E-state index in [2.05, 4.69) is 5.32 Å². The van der Waals surface area contributed by atoms with Crippen LogP contribution >= 0.6 is 0 Å². The molecule has 0 radical (unpaired) electrons. The number of para-hydroxylation sites is 1. The van der Waals surface area contributed by atoms with Crippen LogP contribution in [-0.2, 0) is 29.3 Å². The third kappa shape index (κ3) is 6.80. The molecular formula is C35H28F3N3O4. The second-order valence-corrected chi connectivity index (χ2v) is 10.2. The van der Waals surface area contributed by atoms with E-state index in [1.807, 2.05) is 36.4 Å². The van der Waals surface area contributed by atoms with Crippen molar-refractivity contribution in [3.8, 4) is 22.3 Å². The Morgan fingerprint density at radius 3 is 2.07 bits per heavy atom. The molecule has 0 bridgehead atoms. The number of methoxy groups -OCH3 is 1. The Morgan fingerprint density at radius 2 is 1.47 bits per heavy atom. The predicted molar refractivity (Wildman–Crippen MR) is 165 cm³/mol. The molecule has 0 aliphatic rings. The van der Waals surface area contributed by atoms with Crippen molar-refractivity contribution in [1.82, 2.24) is 9.88 Å². The highest BCUT2D eigenvalue weighted by Gasteiger charge is 2.30. The normalized spacial score (nSPS) is 11.1. The molecule has 0 aliphatic carbocycles. The molecule has 0 saturated heterocycles. The molecule has 10 heteroatoms. The molecule has 2 amide bonds. The highest BCUT2D eigenvalue weighted by molar-refractivity contribution is 5.98. The highest BCUT2D eigenvalue weighted by atomic mass is 19.4. The first-order valence-electron chi connectivity index (χ1n) is 13.8. The van der Waals surface area contributed by atoms with Gasteiger partial charge in [-0.3, -0.25) is 14.5 Å². The van der Waals surface area contributed by atoms with Crippen LogP contribution in [0.25, 0.3) is 22.3 Å². The van der Waals surface area contributed by atoms with E-state index in [0.29, 0.717) is 40.2 Å². The second kappa shape index (κ2) is 12.9. The number of nitrogens with zero attached hydrogens (tertiary/aromatic N) is 2. The Morgan fingerprint density at radius 1 is 0.867 bits per heavy atom. The molecule has 1 heterocycles. The van der Waals surface area contributed by atoms with Gasteiger partial charge in [-0.1, -0.05) is 66.7 Å². The van der Waals surface area contributed by atoms with Gasteiger partial charge in [0, 0.05) is 25.4 Å². The monoisotopic (exact) mass is 611 g/mol. The van der Waals surface area contributed by atoms with Gasteiger partial charge in [-0.05, 0) is 58.7 Å². The van der Waals surface area contributed by atoms with Gasteiger partial charge in [-0.15, -0.1) is 0 Å². The van der Waals surface area contributed by atoms with Crippen LogP contribution in [-0.4, -0.2) is 30.0 Å². The molecule has 5 aromatic rings. The van der Waals surface area contributed by atoms with Gasteiger partial charge >= 0.3 is 12.1 Å². The molecular weight excluding hydrogens is 583 g/mol. The number of benzene rings is 4. The molecule has 45 heavy (non-hydrogen) atoms. The van der Waals surface area contributed by atoms with Crippen molar-refractivity contribution >= 4 is 29.7 Å². The molecule has 228 valence electrons. The molecule has 5 rings (SSSR count). The average Bonchev–Trinajstić information content (AvgIpc) is 3.44. The van der Waals surface area contributed by atoms with Gasteiger partial charge in [0.05, 0.1) is 29.6 Å². The Balaban J connectivity index is 1.29. The molecule has 1 aromatic heterocycles. The van der Waals surface area contributed by atoms with Gasteiger partial charge in [0.25, 0.3) is 5.91 Å². The number of anilines is 2. The lowest BCUT2D eigenvalue weighted by Crippen LogP contribution is -2.24. The van der Waals surface area contributed by atoms with E-state index in [1.165, 1.54) is 24.1 Å². The number of aromatic nitrogens is 1. The van der Waals surface area contributed by atoms with Crippen LogP contribution in [0.2, 0.25) is 0 Å². The molecule has 1 N–H and O–H groups in total. The van der Waals surface area contributed by atoms with E-state index in [9.17, 15) is 27.6 Å². The summed E-state index contributed by atoms with van der Waals surface area (Å²) in [6.07, 6.45) is -2.23. The first-order chi connectivity index (χ1) is 21.6.